The second-order valence-electron chi connectivity index (χ2n) is 8.20. The fraction of sp³-hybridized carbons (Fsp3) is 0.440. The maximum absolute atomic E-state index is 11.8. The van der Waals surface area contributed by atoms with Crippen LogP contribution in [0.2, 0.25) is 0 Å². The number of carbonyl (C=O) groups excluding carboxylic acids is 2. The van der Waals surface area contributed by atoms with E-state index in [0.717, 1.165) is 68.6 Å². The number of fused-ring (bicyclic) bond motifs is 7. The van der Waals surface area contributed by atoms with Gasteiger partial charge in [-0.25, -0.2) is 0 Å². The predicted molar refractivity (Wildman–Crippen MR) is 113 cm³/mol. The first-order chi connectivity index (χ1) is 14.2. The molecule has 2 aromatic carbocycles. The summed E-state index contributed by atoms with van der Waals surface area (Å²) in [4.78, 5) is 23.5. The fourth-order valence-corrected chi connectivity index (χ4v) is 5.04. The van der Waals surface area contributed by atoms with Crippen LogP contribution in [-0.2, 0) is 12.8 Å². The number of carbonyl (C=O) groups is 2. The Hall–Kier alpha value is -2.62. The number of aldehydes is 2. The molecule has 0 spiro atoms. The molecule has 0 radical (unpaired) electrons. The molecule has 1 saturated carbocycles. The van der Waals surface area contributed by atoms with E-state index in [2.05, 4.69) is 12.1 Å². The molecule has 2 unspecified atom stereocenters. The smallest absolute Gasteiger partial charge is 0.153 e. The molecule has 4 heteroatoms. The van der Waals surface area contributed by atoms with E-state index in [1.165, 1.54) is 11.1 Å². The lowest BCUT2D eigenvalue weighted by atomic mass is 9.65. The van der Waals surface area contributed by atoms with Crippen LogP contribution in [0, 0.1) is 0 Å². The number of hydrogen-bond donors (Lipinski definition) is 0. The summed E-state index contributed by atoms with van der Waals surface area (Å²) in [7, 11) is 3.28. The first-order valence-corrected chi connectivity index (χ1v) is 10.5. The lowest BCUT2D eigenvalue weighted by Gasteiger charge is -2.39. The molecule has 0 heterocycles. The van der Waals surface area contributed by atoms with Crippen LogP contribution in [0.25, 0.3) is 0 Å². The average Bonchev–Trinajstić information content (AvgIpc) is 2.71. The molecule has 2 aromatic rings. The molecule has 152 valence electrons. The number of benzene rings is 2. The van der Waals surface area contributed by atoms with Crippen LogP contribution in [0.3, 0.4) is 0 Å². The van der Waals surface area contributed by atoms with Crippen molar-refractivity contribution in [2.75, 3.05) is 14.2 Å². The molecule has 0 amide bonds. The molecule has 4 bridgehead atoms. The maximum Gasteiger partial charge on any atom is 0.153 e. The third kappa shape index (κ3) is 3.57. The summed E-state index contributed by atoms with van der Waals surface area (Å²) >= 11 is 0. The third-order valence-corrected chi connectivity index (χ3v) is 6.58. The molecule has 0 saturated heterocycles. The van der Waals surface area contributed by atoms with Crippen molar-refractivity contribution in [2.45, 2.75) is 56.8 Å². The number of hydrogen-bond acceptors (Lipinski definition) is 4. The van der Waals surface area contributed by atoms with Crippen LogP contribution in [0.4, 0.5) is 0 Å². The van der Waals surface area contributed by atoms with Crippen LogP contribution in [0.15, 0.2) is 24.3 Å². The molecule has 0 N–H and O–H groups in total. The number of methoxy groups -OCH3 is 2. The second kappa shape index (κ2) is 8.40. The summed E-state index contributed by atoms with van der Waals surface area (Å²) in [6.07, 6.45) is 9.10. The van der Waals surface area contributed by atoms with Crippen molar-refractivity contribution in [1.82, 2.24) is 0 Å². The van der Waals surface area contributed by atoms with Crippen molar-refractivity contribution in [3.05, 3.63) is 57.6 Å². The van der Waals surface area contributed by atoms with E-state index in [-0.39, 0.29) is 11.8 Å². The van der Waals surface area contributed by atoms with E-state index >= 15 is 0 Å². The SMILES string of the molecule is COc1c(C=O)cc2cc1C1CCC1c1cc(cc(C=O)c1OC)CCCCC2. The van der Waals surface area contributed by atoms with E-state index in [1.54, 1.807) is 14.2 Å². The molecule has 0 aromatic heterocycles. The minimum Gasteiger partial charge on any atom is -0.496 e. The molecular weight excluding hydrogens is 364 g/mol. The number of ether oxygens (including phenoxy) is 2. The van der Waals surface area contributed by atoms with Gasteiger partial charge < -0.3 is 9.47 Å². The van der Waals surface area contributed by atoms with Crippen LogP contribution in [-0.4, -0.2) is 26.8 Å². The lowest BCUT2D eigenvalue weighted by Crippen LogP contribution is -2.24. The molecule has 4 nitrogen and oxygen atoms in total. The van der Waals surface area contributed by atoms with Gasteiger partial charge in [0.25, 0.3) is 0 Å². The highest BCUT2D eigenvalue weighted by Gasteiger charge is 2.38. The van der Waals surface area contributed by atoms with Crippen molar-refractivity contribution >= 4 is 12.6 Å². The third-order valence-electron chi connectivity index (χ3n) is 6.58. The largest absolute Gasteiger partial charge is 0.496 e. The summed E-state index contributed by atoms with van der Waals surface area (Å²) < 4.78 is 11.4. The van der Waals surface area contributed by atoms with Crippen molar-refractivity contribution in [3.8, 4) is 11.5 Å². The minimum atomic E-state index is 0.257. The fourth-order valence-electron chi connectivity index (χ4n) is 5.04. The van der Waals surface area contributed by atoms with Crippen LogP contribution in [0.1, 0.15) is 86.9 Å². The summed E-state index contributed by atoms with van der Waals surface area (Å²) in [5.74, 6) is 1.90. The molecule has 4 rings (SSSR count). The van der Waals surface area contributed by atoms with Crippen molar-refractivity contribution in [3.63, 3.8) is 0 Å². The van der Waals surface area contributed by atoms with E-state index in [9.17, 15) is 9.59 Å². The Morgan fingerprint density at radius 3 is 1.52 bits per heavy atom. The summed E-state index contributed by atoms with van der Waals surface area (Å²) in [6.45, 7) is 0. The van der Waals surface area contributed by atoms with E-state index < -0.39 is 0 Å². The molecule has 0 aliphatic heterocycles. The maximum atomic E-state index is 11.8. The van der Waals surface area contributed by atoms with Gasteiger partial charge in [-0.2, -0.15) is 0 Å². The standard InChI is InChI=1S/C25H28O4/c1-28-24-18(14-26)10-16-6-4-3-5-7-17-11-19(15-27)25(29-2)23(13-17)21-9-8-20(21)22(24)12-16/h10-15,20-21H,3-9H2,1-2H3. The Kier molecular flexibility index (Phi) is 5.70. The highest BCUT2D eigenvalue weighted by molar-refractivity contribution is 5.82. The Morgan fingerprint density at radius 2 is 1.17 bits per heavy atom. The van der Waals surface area contributed by atoms with Crippen molar-refractivity contribution in [1.29, 1.82) is 0 Å². The summed E-state index contributed by atoms with van der Waals surface area (Å²) in [6, 6.07) is 8.43. The lowest BCUT2D eigenvalue weighted by molar-refractivity contribution is 0.111. The Morgan fingerprint density at radius 1 is 0.724 bits per heavy atom. The minimum absolute atomic E-state index is 0.257. The number of aryl methyl sites for hydroxylation is 2. The average molecular weight is 392 g/mol. The Bertz CT molecular complexity index is 855. The van der Waals surface area contributed by atoms with Crippen LogP contribution in [0.5, 0.6) is 11.5 Å². The second-order valence-corrected chi connectivity index (χ2v) is 8.20. The van der Waals surface area contributed by atoms with Gasteiger partial charge in [-0.1, -0.05) is 18.6 Å². The first-order valence-electron chi connectivity index (χ1n) is 10.5. The topological polar surface area (TPSA) is 52.6 Å². The van der Waals surface area contributed by atoms with Gasteiger partial charge in [0.15, 0.2) is 12.6 Å². The van der Waals surface area contributed by atoms with Crippen molar-refractivity contribution < 1.29 is 19.1 Å². The van der Waals surface area contributed by atoms with Gasteiger partial charge in [0, 0.05) is 0 Å². The van der Waals surface area contributed by atoms with Crippen molar-refractivity contribution in [2.24, 2.45) is 0 Å². The van der Waals surface area contributed by atoms with Crippen LogP contribution >= 0.6 is 0 Å². The predicted octanol–water partition coefficient (Wildman–Crippen LogP) is 5.26. The summed E-state index contributed by atoms with van der Waals surface area (Å²) in [5.41, 5.74) is 5.91. The molecule has 2 atom stereocenters. The highest BCUT2D eigenvalue weighted by Crippen LogP contribution is 2.54. The zero-order valence-electron chi connectivity index (χ0n) is 17.2. The summed E-state index contributed by atoms with van der Waals surface area (Å²) in [5, 5.41) is 0. The van der Waals surface area contributed by atoms with Gasteiger partial charge in [0.1, 0.15) is 11.5 Å². The van der Waals surface area contributed by atoms with Crippen LogP contribution < -0.4 is 9.47 Å². The van der Waals surface area contributed by atoms with Gasteiger partial charge in [0.05, 0.1) is 25.3 Å². The first kappa shape index (κ1) is 19.7. The number of rotatable bonds is 4. The monoisotopic (exact) mass is 392 g/mol. The van der Waals surface area contributed by atoms with Gasteiger partial charge in [0.2, 0.25) is 0 Å². The Balaban J connectivity index is 1.88. The van der Waals surface area contributed by atoms with E-state index in [4.69, 9.17) is 9.47 Å². The molecule has 1 fully saturated rings. The van der Waals surface area contributed by atoms with Gasteiger partial charge in [-0.15, -0.1) is 0 Å². The molecule has 29 heavy (non-hydrogen) atoms. The zero-order chi connectivity index (χ0) is 20.4. The quantitative estimate of drug-likeness (QED) is 0.666. The van der Waals surface area contributed by atoms with Gasteiger partial charge >= 0.3 is 0 Å². The Labute approximate surface area is 172 Å². The van der Waals surface area contributed by atoms with E-state index in [0.29, 0.717) is 22.6 Å². The normalized spacial score (nSPS) is 20.8. The molecule has 2 aliphatic carbocycles. The van der Waals surface area contributed by atoms with Gasteiger partial charge in [-0.3, -0.25) is 9.59 Å². The van der Waals surface area contributed by atoms with Gasteiger partial charge in [-0.05, 0) is 84.7 Å². The molecular formula is C25H28O4. The molecule has 2 aliphatic rings. The van der Waals surface area contributed by atoms with E-state index in [1.807, 2.05) is 12.1 Å². The zero-order valence-corrected chi connectivity index (χ0v) is 17.2. The highest BCUT2D eigenvalue weighted by atomic mass is 16.5.